The number of hydrogen-bond donors (Lipinski definition) is 0. The molecule has 42 valence electrons. The van der Waals surface area contributed by atoms with Crippen LogP contribution in [0.2, 0.25) is 0 Å². The number of hydrogen-bond acceptors (Lipinski definition) is 2. The molecule has 0 fully saturated rings. The van der Waals surface area contributed by atoms with E-state index in [1.807, 2.05) is 18.2 Å². The van der Waals surface area contributed by atoms with Crippen LogP contribution in [0.25, 0.3) is 0 Å². The summed E-state index contributed by atoms with van der Waals surface area (Å²) < 4.78 is 4.84. The molecule has 0 amide bonds. The maximum atomic E-state index is 4.84. The minimum atomic E-state index is 0.431. The van der Waals surface area contributed by atoms with Crippen molar-refractivity contribution in [2.24, 2.45) is 4.99 Å². The number of ether oxygens (including phenoxy) is 1. The third-order valence-electron chi connectivity index (χ3n) is 0.738. The maximum Gasteiger partial charge on any atom is 0.178 e. The van der Waals surface area contributed by atoms with Gasteiger partial charge in [-0.25, -0.2) is 0 Å². The normalized spacial score (nSPS) is 17.0. The summed E-state index contributed by atoms with van der Waals surface area (Å²) in [7, 11) is 0. The Morgan fingerprint density at radius 3 is 3.25 bits per heavy atom. The summed E-state index contributed by atoms with van der Waals surface area (Å²) in [6.07, 6.45) is 8.88. The van der Waals surface area contributed by atoms with Crippen molar-refractivity contribution in [3.05, 3.63) is 24.5 Å². The molecule has 0 radical (unpaired) electrons. The lowest BCUT2D eigenvalue weighted by Gasteiger charge is -1.92. The first-order valence-electron chi connectivity index (χ1n) is 2.43. The van der Waals surface area contributed by atoms with Crippen LogP contribution in [0.15, 0.2) is 29.5 Å². The van der Waals surface area contributed by atoms with Gasteiger partial charge in [0, 0.05) is 6.21 Å². The highest BCUT2D eigenvalue weighted by Crippen LogP contribution is 1.83. The van der Waals surface area contributed by atoms with Crippen molar-refractivity contribution in [2.45, 2.75) is 0 Å². The zero-order valence-corrected chi connectivity index (χ0v) is 4.45. The van der Waals surface area contributed by atoms with Crippen LogP contribution in [0.4, 0.5) is 0 Å². The molecule has 1 heterocycles. The average molecular weight is 109 g/mol. The van der Waals surface area contributed by atoms with E-state index in [2.05, 4.69) is 4.99 Å². The van der Waals surface area contributed by atoms with E-state index >= 15 is 0 Å². The molecule has 0 aromatic carbocycles. The summed E-state index contributed by atoms with van der Waals surface area (Å²) in [5.74, 6) is 0. The summed E-state index contributed by atoms with van der Waals surface area (Å²) in [5.41, 5.74) is 0. The zero-order valence-electron chi connectivity index (χ0n) is 4.45. The molecule has 0 atom stereocenters. The van der Waals surface area contributed by atoms with Crippen molar-refractivity contribution in [3.63, 3.8) is 0 Å². The Hall–Kier alpha value is -1.05. The van der Waals surface area contributed by atoms with Gasteiger partial charge in [-0.2, -0.15) is 0 Å². The molecule has 2 heteroatoms. The van der Waals surface area contributed by atoms with E-state index in [-0.39, 0.29) is 0 Å². The van der Waals surface area contributed by atoms with Crippen LogP contribution in [-0.4, -0.2) is 12.9 Å². The minimum absolute atomic E-state index is 0.431. The van der Waals surface area contributed by atoms with E-state index in [1.165, 1.54) is 0 Å². The van der Waals surface area contributed by atoms with Crippen LogP contribution < -0.4 is 0 Å². The molecular formula is C6H7NO. The van der Waals surface area contributed by atoms with Crippen LogP contribution in [0.3, 0.4) is 0 Å². The number of rotatable bonds is 0. The smallest absolute Gasteiger partial charge is 0.178 e. The van der Waals surface area contributed by atoms with Crippen molar-refractivity contribution in [3.8, 4) is 0 Å². The molecule has 8 heavy (non-hydrogen) atoms. The van der Waals surface area contributed by atoms with Gasteiger partial charge in [-0.3, -0.25) is 4.99 Å². The molecule has 0 aliphatic carbocycles. The molecule has 0 N–H and O–H groups in total. The molecule has 0 saturated carbocycles. The van der Waals surface area contributed by atoms with Crippen LogP contribution in [-0.2, 0) is 4.74 Å². The molecule has 0 aromatic heterocycles. The van der Waals surface area contributed by atoms with Gasteiger partial charge in [0.25, 0.3) is 0 Å². The zero-order chi connectivity index (χ0) is 5.66. The second kappa shape index (κ2) is 3.02. The molecule has 1 aliphatic heterocycles. The first-order valence-corrected chi connectivity index (χ1v) is 2.43. The molecule has 0 unspecified atom stereocenters. The lowest BCUT2D eigenvalue weighted by Crippen LogP contribution is -1.82. The highest BCUT2D eigenvalue weighted by atomic mass is 16.5. The fraction of sp³-hybridized carbons (Fsp3) is 0.167. The topological polar surface area (TPSA) is 21.6 Å². The molecule has 0 saturated heterocycles. The van der Waals surface area contributed by atoms with E-state index in [9.17, 15) is 0 Å². The lowest BCUT2D eigenvalue weighted by atomic mass is 10.5. The quantitative estimate of drug-likeness (QED) is 0.456. The summed E-state index contributed by atoms with van der Waals surface area (Å²) >= 11 is 0. The summed E-state index contributed by atoms with van der Waals surface area (Å²) in [6.45, 7) is 0.431. The van der Waals surface area contributed by atoms with Gasteiger partial charge in [0.2, 0.25) is 0 Å². The van der Waals surface area contributed by atoms with Gasteiger partial charge in [-0.1, -0.05) is 6.08 Å². The monoisotopic (exact) mass is 109 g/mol. The van der Waals surface area contributed by atoms with E-state index in [0.717, 1.165) is 0 Å². The van der Waals surface area contributed by atoms with E-state index in [4.69, 9.17) is 4.74 Å². The fourth-order valence-electron chi connectivity index (χ4n) is 0.405. The van der Waals surface area contributed by atoms with Gasteiger partial charge in [-0.05, 0) is 12.2 Å². The van der Waals surface area contributed by atoms with E-state index in [1.54, 1.807) is 12.5 Å². The van der Waals surface area contributed by atoms with Gasteiger partial charge in [-0.15, -0.1) is 0 Å². The van der Waals surface area contributed by atoms with E-state index in [0.29, 0.717) is 6.73 Å². The van der Waals surface area contributed by atoms with Gasteiger partial charge in [0.05, 0.1) is 6.26 Å². The summed E-state index contributed by atoms with van der Waals surface area (Å²) in [5, 5.41) is 0. The molecule has 2 nitrogen and oxygen atoms in total. The average Bonchev–Trinajstić information content (AvgIpc) is 1.62. The summed E-state index contributed by atoms with van der Waals surface area (Å²) in [6, 6.07) is 0. The largest absolute Gasteiger partial charge is 0.479 e. The van der Waals surface area contributed by atoms with Crippen molar-refractivity contribution in [1.82, 2.24) is 0 Å². The number of nitrogens with zero attached hydrogens (tertiary/aromatic N) is 1. The third kappa shape index (κ3) is 1.60. The Morgan fingerprint density at radius 1 is 1.25 bits per heavy atom. The first kappa shape index (κ1) is 5.09. The Balaban J connectivity index is 2.51. The van der Waals surface area contributed by atoms with Crippen LogP contribution in [0, 0.1) is 0 Å². The molecule has 1 aliphatic rings. The third-order valence-corrected chi connectivity index (χ3v) is 0.738. The van der Waals surface area contributed by atoms with Gasteiger partial charge in [0.1, 0.15) is 0 Å². The Labute approximate surface area is 48.2 Å². The number of allylic oxidation sites excluding steroid dienone is 3. The van der Waals surface area contributed by atoms with Crippen LogP contribution in [0.5, 0.6) is 0 Å². The molecular weight excluding hydrogens is 102 g/mol. The van der Waals surface area contributed by atoms with Gasteiger partial charge in [0.15, 0.2) is 6.73 Å². The SMILES string of the molecule is C1=CC=NCOC=C1. The van der Waals surface area contributed by atoms with Crippen LogP contribution >= 0.6 is 0 Å². The van der Waals surface area contributed by atoms with Crippen molar-refractivity contribution < 1.29 is 4.74 Å². The maximum absolute atomic E-state index is 4.84. The van der Waals surface area contributed by atoms with Crippen molar-refractivity contribution in [2.75, 3.05) is 6.73 Å². The highest BCUT2D eigenvalue weighted by molar-refractivity contribution is 5.71. The standard InChI is InChI=1S/C6H7NO/c1-2-4-7-6-8-5-3-1/h1-5H,6H2. The Bertz CT molecular complexity index is 119. The van der Waals surface area contributed by atoms with Gasteiger partial charge < -0.3 is 4.74 Å². The minimum Gasteiger partial charge on any atom is -0.479 e. The second-order valence-electron chi connectivity index (χ2n) is 1.34. The molecule has 0 aromatic rings. The molecule has 1 rings (SSSR count). The summed E-state index contributed by atoms with van der Waals surface area (Å²) in [4.78, 5) is 3.85. The lowest BCUT2D eigenvalue weighted by molar-refractivity contribution is 0.262. The van der Waals surface area contributed by atoms with E-state index < -0.39 is 0 Å². The van der Waals surface area contributed by atoms with Crippen molar-refractivity contribution >= 4 is 6.21 Å². The predicted octanol–water partition coefficient (Wildman–Crippen LogP) is 1.11. The highest BCUT2D eigenvalue weighted by Gasteiger charge is 1.73. The number of aliphatic imine (C=N–C) groups is 1. The second-order valence-corrected chi connectivity index (χ2v) is 1.34. The van der Waals surface area contributed by atoms with Crippen molar-refractivity contribution in [1.29, 1.82) is 0 Å². The van der Waals surface area contributed by atoms with Gasteiger partial charge >= 0.3 is 0 Å². The Morgan fingerprint density at radius 2 is 2.25 bits per heavy atom. The Kier molecular flexibility index (Phi) is 1.92. The predicted molar refractivity (Wildman–Crippen MR) is 32.7 cm³/mol. The molecule has 0 spiro atoms. The first-order chi connectivity index (χ1) is 4.00. The molecule has 0 bridgehead atoms. The fourth-order valence-corrected chi connectivity index (χ4v) is 0.405. The van der Waals surface area contributed by atoms with Crippen LogP contribution in [0.1, 0.15) is 0 Å².